The van der Waals surface area contributed by atoms with E-state index < -0.39 is 5.91 Å². The van der Waals surface area contributed by atoms with Gasteiger partial charge in [0.1, 0.15) is 0 Å². The molecular formula is C15H17N3O3S. The highest BCUT2D eigenvalue weighted by molar-refractivity contribution is 7.99. The van der Waals surface area contributed by atoms with Gasteiger partial charge in [-0.1, -0.05) is 23.9 Å². The normalized spacial score (nSPS) is 17.9. The fourth-order valence-electron chi connectivity index (χ4n) is 2.55. The maximum absolute atomic E-state index is 12.7. The maximum Gasteiger partial charge on any atom is 0.262 e. The van der Waals surface area contributed by atoms with Crippen LogP contribution in [0.3, 0.4) is 0 Å². The second-order valence-electron chi connectivity index (χ2n) is 5.22. The number of carbonyl (C=O) groups excluding carboxylic acids is 1. The van der Waals surface area contributed by atoms with E-state index in [0.29, 0.717) is 22.6 Å². The quantitative estimate of drug-likeness (QED) is 0.660. The molecule has 1 aliphatic rings. The molecule has 1 saturated heterocycles. The topological polar surface area (TPSA) is 87.2 Å². The molecule has 3 rings (SSSR count). The van der Waals surface area contributed by atoms with Gasteiger partial charge in [0.2, 0.25) is 5.91 Å². The number of nitrogens with zero attached hydrogens (tertiary/aromatic N) is 2. The first-order chi connectivity index (χ1) is 10.6. The first-order valence-corrected chi connectivity index (χ1v) is 8.16. The van der Waals surface area contributed by atoms with Gasteiger partial charge in [-0.2, -0.15) is 0 Å². The Balaban J connectivity index is 2.03. The van der Waals surface area contributed by atoms with E-state index in [1.807, 2.05) is 12.1 Å². The third-order valence-corrected chi connectivity index (χ3v) is 4.58. The smallest absolute Gasteiger partial charge is 0.262 e. The highest BCUT2D eigenvalue weighted by Gasteiger charge is 2.20. The molecule has 1 amide bonds. The van der Waals surface area contributed by atoms with Gasteiger partial charge in [0.05, 0.1) is 29.3 Å². The Hall–Kier alpha value is -1.86. The average molecular weight is 319 g/mol. The van der Waals surface area contributed by atoms with Gasteiger partial charge in [-0.25, -0.2) is 4.98 Å². The zero-order valence-corrected chi connectivity index (χ0v) is 12.8. The minimum Gasteiger partial charge on any atom is -0.376 e. The number of rotatable bonds is 5. The summed E-state index contributed by atoms with van der Waals surface area (Å²) in [6.45, 7) is 1.18. The summed E-state index contributed by atoms with van der Waals surface area (Å²) in [5.74, 6) is -0.341. The fraction of sp³-hybridized carbons (Fsp3) is 0.400. The number of nitrogens with two attached hydrogens (primary N) is 1. The molecule has 6 nitrogen and oxygen atoms in total. The number of benzene rings is 1. The Labute approximate surface area is 131 Å². The largest absolute Gasteiger partial charge is 0.376 e. The van der Waals surface area contributed by atoms with E-state index >= 15 is 0 Å². The summed E-state index contributed by atoms with van der Waals surface area (Å²) >= 11 is 1.19. The van der Waals surface area contributed by atoms with E-state index in [0.717, 1.165) is 19.4 Å². The molecule has 1 fully saturated rings. The molecule has 1 aromatic carbocycles. The third-order valence-electron chi connectivity index (χ3n) is 3.58. The Morgan fingerprint density at radius 3 is 3.00 bits per heavy atom. The molecule has 2 aromatic rings. The molecule has 0 bridgehead atoms. The van der Waals surface area contributed by atoms with Gasteiger partial charge in [-0.15, -0.1) is 0 Å². The molecule has 116 valence electrons. The van der Waals surface area contributed by atoms with E-state index in [1.54, 1.807) is 16.7 Å². The monoisotopic (exact) mass is 319 g/mol. The molecule has 0 saturated carbocycles. The molecule has 1 unspecified atom stereocenters. The van der Waals surface area contributed by atoms with Crippen molar-refractivity contribution >= 4 is 28.6 Å². The highest BCUT2D eigenvalue weighted by atomic mass is 32.2. The van der Waals surface area contributed by atoms with Crippen LogP contribution in [0.2, 0.25) is 0 Å². The second-order valence-corrected chi connectivity index (χ2v) is 6.16. The molecular weight excluding hydrogens is 302 g/mol. The lowest BCUT2D eigenvalue weighted by Gasteiger charge is -2.16. The number of ether oxygens (including phenoxy) is 1. The molecule has 1 atom stereocenters. The number of amides is 1. The summed E-state index contributed by atoms with van der Waals surface area (Å²) in [4.78, 5) is 28.3. The van der Waals surface area contributed by atoms with E-state index in [9.17, 15) is 9.59 Å². The number of fused-ring (bicyclic) bond motifs is 1. The molecule has 1 aromatic heterocycles. The van der Waals surface area contributed by atoms with Crippen molar-refractivity contribution in [2.75, 3.05) is 12.4 Å². The van der Waals surface area contributed by atoms with Crippen molar-refractivity contribution in [3.8, 4) is 0 Å². The summed E-state index contributed by atoms with van der Waals surface area (Å²) in [5, 5.41) is 1.09. The lowest BCUT2D eigenvalue weighted by molar-refractivity contribution is -0.115. The first-order valence-electron chi connectivity index (χ1n) is 7.17. The van der Waals surface area contributed by atoms with Crippen molar-refractivity contribution in [2.24, 2.45) is 5.73 Å². The zero-order valence-electron chi connectivity index (χ0n) is 12.0. The van der Waals surface area contributed by atoms with Crippen molar-refractivity contribution in [3.63, 3.8) is 0 Å². The lowest BCUT2D eigenvalue weighted by Crippen LogP contribution is -2.29. The molecule has 0 aliphatic carbocycles. The van der Waals surface area contributed by atoms with Gasteiger partial charge in [0.25, 0.3) is 5.56 Å². The van der Waals surface area contributed by atoms with Crippen LogP contribution in [-0.4, -0.2) is 33.9 Å². The number of aromatic nitrogens is 2. The van der Waals surface area contributed by atoms with Crippen LogP contribution in [0.5, 0.6) is 0 Å². The number of carbonyl (C=O) groups is 1. The van der Waals surface area contributed by atoms with Crippen LogP contribution in [0.25, 0.3) is 10.9 Å². The summed E-state index contributed by atoms with van der Waals surface area (Å²) in [6.07, 6.45) is 1.96. The number of primary amides is 1. The molecule has 22 heavy (non-hydrogen) atoms. The third kappa shape index (κ3) is 3.15. The maximum atomic E-state index is 12.7. The predicted molar refractivity (Wildman–Crippen MR) is 84.9 cm³/mol. The van der Waals surface area contributed by atoms with Crippen molar-refractivity contribution in [2.45, 2.75) is 30.6 Å². The van der Waals surface area contributed by atoms with Gasteiger partial charge in [-0.3, -0.25) is 14.2 Å². The summed E-state index contributed by atoms with van der Waals surface area (Å²) < 4.78 is 7.22. The van der Waals surface area contributed by atoms with Crippen LogP contribution >= 0.6 is 11.8 Å². The Morgan fingerprint density at radius 1 is 1.45 bits per heavy atom. The van der Waals surface area contributed by atoms with Crippen molar-refractivity contribution in [3.05, 3.63) is 34.6 Å². The number of hydrogen-bond donors (Lipinski definition) is 1. The second kappa shape index (κ2) is 6.50. The standard InChI is InChI=1S/C15H17N3O3S/c16-13(19)9-22-15-17-12-6-2-1-5-11(12)14(20)18(15)8-10-4-3-7-21-10/h1-2,5-6,10H,3-4,7-9H2,(H2,16,19). The molecule has 2 N–H and O–H groups in total. The highest BCUT2D eigenvalue weighted by Crippen LogP contribution is 2.20. The molecule has 1 aliphatic heterocycles. The number of thioether (sulfide) groups is 1. The van der Waals surface area contributed by atoms with Gasteiger partial charge in [-0.05, 0) is 25.0 Å². The van der Waals surface area contributed by atoms with E-state index in [1.165, 1.54) is 11.8 Å². The van der Waals surface area contributed by atoms with Gasteiger partial charge in [0.15, 0.2) is 5.16 Å². The minimum absolute atomic E-state index is 0.0218. The van der Waals surface area contributed by atoms with E-state index in [2.05, 4.69) is 4.98 Å². The van der Waals surface area contributed by atoms with E-state index in [4.69, 9.17) is 10.5 Å². The zero-order chi connectivity index (χ0) is 15.5. The Morgan fingerprint density at radius 2 is 2.27 bits per heavy atom. The SMILES string of the molecule is NC(=O)CSc1nc2ccccc2c(=O)n1CC1CCCO1. The summed E-state index contributed by atoms with van der Waals surface area (Å²) in [7, 11) is 0. The van der Waals surface area contributed by atoms with Crippen LogP contribution in [-0.2, 0) is 16.1 Å². The van der Waals surface area contributed by atoms with Crippen LogP contribution < -0.4 is 11.3 Å². The van der Waals surface area contributed by atoms with Crippen LogP contribution in [0.1, 0.15) is 12.8 Å². The van der Waals surface area contributed by atoms with Gasteiger partial charge in [0, 0.05) is 6.61 Å². The first kappa shape index (κ1) is 15.1. The van der Waals surface area contributed by atoms with Crippen LogP contribution in [0, 0.1) is 0 Å². The minimum atomic E-state index is -0.434. The van der Waals surface area contributed by atoms with Crippen LogP contribution in [0.15, 0.2) is 34.2 Å². The number of hydrogen-bond acceptors (Lipinski definition) is 5. The van der Waals surface area contributed by atoms with Gasteiger partial charge >= 0.3 is 0 Å². The van der Waals surface area contributed by atoms with Crippen LogP contribution in [0.4, 0.5) is 0 Å². The summed E-state index contributed by atoms with van der Waals surface area (Å²) in [5.41, 5.74) is 5.73. The predicted octanol–water partition coefficient (Wildman–Crippen LogP) is 1.15. The van der Waals surface area contributed by atoms with E-state index in [-0.39, 0.29) is 17.4 Å². The molecule has 2 heterocycles. The average Bonchev–Trinajstić information content (AvgIpc) is 3.01. The molecule has 0 radical (unpaired) electrons. The lowest BCUT2D eigenvalue weighted by atomic mass is 10.2. The Bertz CT molecular complexity index is 753. The molecule has 0 spiro atoms. The fourth-order valence-corrected chi connectivity index (χ4v) is 3.29. The van der Waals surface area contributed by atoms with Crippen molar-refractivity contribution in [1.29, 1.82) is 0 Å². The van der Waals surface area contributed by atoms with Crippen molar-refractivity contribution in [1.82, 2.24) is 9.55 Å². The Kier molecular flexibility index (Phi) is 4.44. The van der Waals surface area contributed by atoms with Crippen molar-refractivity contribution < 1.29 is 9.53 Å². The van der Waals surface area contributed by atoms with Gasteiger partial charge < -0.3 is 10.5 Å². The number of para-hydroxylation sites is 1. The summed E-state index contributed by atoms with van der Waals surface area (Å²) in [6, 6.07) is 7.21. The molecule has 7 heteroatoms.